The number of methoxy groups -OCH3 is 3. The van der Waals surface area contributed by atoms with E-state index in [0.717, 1.165) is 4.90 Å². The highest BCUT2D eigenvalue weighted by atomic mass is 16.5. The Morgan fingerprint density at radius 1 is 1.06 bits per heavy atom. The Balaban J connectivity index is 2.26. The number of hydrogen-bond donors (Lipinski definition) is 2. The molecule has 2 N–H and O–H groups in total. The van der Waals surface area contributed by atoms with Crippen molar-refractivity contribution in [3.05, 3.63) is 58.7 Å². The first-order chi connectivity index (χ1) is 15.7. The fourth-order valence-corrected chi connectivity index (χ4v) is 4.08. The molecule has 1 aliphatic rings. The van der Waals surface area contributed by atoms with Gasteiger partial charge in [0.05, 0.1) is 60.1 Å². The number of nitrogens with zero attached hydrogens (tertiary/aromatic N) is 1. The molecule has 1 unspecified atom stereocenters. The lowest BCUT2D eigenvalue weighted by Gasteiger charge is -2.27. The van der Waals surface area contributed by atoms with Gasteiger partial charge in [-0.05, 0) is 36.8 Å². The fraction of sp³-hybridized carbons (Fsp3) is 0.360. The van der Waals surface area contributed by atoms with Crippen molar-refractivity contribution >= 4 is 17.4 Å². The third-order valence-electron chi connectivity index (χ3n) is 5.81. The molecular weight excluding hydrogens is 424 g/mol. The molecule has 0 aliphatic carbocycles. The van der Waals surface area contributed by atoms with Crippen LogP contribution in [-0.4, -0.2) is 70.2 Å². The summed E-state index contributed by atoms with van der Waals surface area (Å²) in [5.41, 5.74) is 1.76. The molecule has 0 spiro atoms. The van der Waals surface area contributed by atoms with Gasteiger partial charge in [0.25, 0.3) is 11.7 Å². The number of para-hydroxylation sites is 1. The standard InChI is InChI=1S/C25H30N2O6/c1-15-14-16(31-4)10-11-17(15)22(28)20-21(18-8-7-9-19(32-5)24(18)33-6)27(13-12-26(2)3)25(30)23(20)29/h7-11,14,21,28H,12-13H2,1-6H3/p+1. The van der Waals surface area contributed by atoms with E-state index < -0.39 is 17.7 Å². The van der Waals surface area contributed by atoms with Gasteiger partial charge < -0.3 is 29.1 Å². The summed E-state index contributed by atoms with van der Waals surface area (Å²) in [4.78, 5) is 29.0. The highest BCUT2D eigenvalue weighted by Gasteiger charge is 2.47. The van der Waals surface area contributed by atoms with Gasteiger partial charge in [0.15, 0.2) is 11.5 Å². The van der Waals surface area contributed by atoms with Crippen molar-refractivity contribution in [2.75, 3.05) is 48.5 Å². The van der Waals surface area contributed by atoms with Crippen LogP contribution in [0.2, 0.25) is 0 Å². The lowest BCUT2D eigenvalue weighted by atomic mass is 9.93. The van der Waals surface area contributed by atoms with Crippen molar-refractivity contribution < 1.29 is 33.8 Å². The number of ketones is 1. The number of aryl methyl sites for hydroxylation is 1. The first-order valence-electron chi connectivity index (χ1n) is 10.7. The SMILES string of the molecule is COc1ccc(C(O)=C2C(=O)C(=O)N(CC[NH+](C)C)C2c2cccc(OC)c2OC)c(C)c1. The van der Waals surface area contributed by atoms with Gasteiger partial charge in [-0.1, -0.05) is 12.1 Å². The van der Waals surface area contributed by atoms with Crippen molar-refractivity contribution in [1.29, 1.82) is 0 Å². The summed E-state index contributed by atoms with van der Waals surface area (Å²) in [6.45, 7) is 2.76. The van der Waals surface area contributed by atoms with E-state index in [1.54, 1.807) is 43.5 Å². The summed E-state index contributed by atoms with van der Waals surface area (Å²) in [6.07, 6.45) is 0. The Morgan fingerprint density at radius 2 is 1.79 bits per heavy atom. The minimum Gasteiger partial charge on any atom is -0.507 e. The zero-order valence-electron chi connectivity index (χ0n) is 19.9. The highest BCUT2D eigenvalue weighted by molar-refractivity contribution is 6.46. The van der Waals surface area contributed by atoms with Crippen molar-refractivity contribution in [2.45, 2.75) is 13.0 Å². The Kier molecular flexibility index (Phi) is 7.28. The molecule has 1 saturated heterocycles. The molecule has 1 heterocycles. The molecule has 0 aromatic heterocycles. The van der Waals surface area contributed by atoms with Crippen molar-refractivity contribution in [1.82, 2.24) is 4.90 Å². The fourth-order valence-electron chi connectivity index (χ4n) is 4.08. The van der Waals surface area contributed by atoms with Crippen molar-refractivity contribution in [3.8, 4) is 17.2 Å². The van der Waals surface area contributed by atoms with Crippen LogP contribution in [-0.2, 0) is 9.59 Å². The molecule has 1 aliphatic heterocycles. The first kappa shape index (κ1) is 24.1. The van der Waals surface area contributed by atoms with Gasteiger partial charge in [-0.25, -0.2) is 0 Å². The van der Waals surface area contributed by atoms with Gasteiger partial charge in [0.1, 0.15) is 11.5 Å². The number of nitrogens with one attached hydrogen (secondary N) is 1. The van der Waals surface area contributed by atoms with Crippen molar-refractivity contribution in [3.63, 3.8) is 0 Å². The predicted molar refractivity (Wildman–Crippen MR) is 124 cm³/mol. The number of aliphatic hydroxyl groups is 1. The first-order valence-corrected chi connectivity index (χ1v) is 10.7. The molecular formula is C25H31N2O6+. The molecule has 2 aromatic rings. The Morgan fingerprint density at radius 3 is 2.36 bits per heavy atom. The summed E-state index contributed by atoms with van der Waals surface area (Å²) in [5, 5.41) is 11.3. The molecule has 3 rings (SSSR count). The quantitative estimate of drug-likeness (QED) is 0.357. The molecule has 1 fully saturated rings. The number of Topliss-reactive ketones (excluding diaryl/α,β-unsaturated/α-hetero) is 1. The van der Waals surface area contributed by atoms with Gasteiger partial charge in [-0.3, -0.25) is 9.59 Å². The zero-order valence-corrected chi connectivity index (χ0v) is 19.9. The van der Waals surface area contributed by atoms with Crippen LogP contribution in [0, 0.1) is 6.92 Å². The predicted octanol–water partition coefficient (Wildman–Crippen LogP) is 1.59. The maximum Gasteiger partial charge on any atom is 0.295 e. The number of benzene rings is 2. The number of carbonyl (C=O) groups excluding carboxylic acids is 2. The molecule has 176 valence electrons. The minimum absolute atomic E-state index is 0.0218. The van der Waals surface area contributed by atoms with Crippen LogP contribution in [0.4, 0.5) is 0 Å². The lowest BCUT2D eigenvalue weighted by Crippen LogP contribution is -3.06. The molecule has 8 nitrogen and oxygen atoms in total. The Hall–Kier alpha value is -3.52. The van der Waals surface area contributed by atoms with E-state index in [4.69, 9.17) is 14.2 Å². The summed E-state index contributed by atoms with van der Waals surface area (Å²) in [7, 11) is 8.53. The number of likely N-dealkylation sites (tertiary alicyclic amines) is 1. The number of likely N-dealkylation sites (N-methyl/N-ethyl adjacent to an activating group) is 1. The molecule has 1 amide bonds. The topological polar surface area (TPSA) is 89.7 Å². The smallest absolute Gasteiger partial charge is 0.295 e. The average Bonchev–Trinajstić information content (AvgIpc) is 3.06. The van der Waals surface area contributed by atoms with Crippen LogP contribution < -0.4 is 19.1 Å². The van der Waals surface area contributed by atoms with E-state index in [1.807, 2.05) is 21.0 Å². The largest absolute Gasteiger partial charge is 0.507 e. The second-order valence-electron chi connectivity index (χ2n) is 8.21. The van der Waals surface area contributed by atoms with E-state index in [-0.39, 0.29) is 11.3 Å². The maximum atomic E-state index is 13.2. The van der Waals surface area contributed by atoms with Crippen LogP contribution in [0.5, 0.6) is 17.2 Å². The summed E-state index contributed by atoms with van der Waals surface area (Å²) < 4.78 is 16.3. The second kappa shape index (κ2) is 9.95. The molecule has 8 heteroatoms. The van der Waals surface area contributed by atoms with E-state index in [0.29, 0.717) is 47.0 Å². The Bertz CT molecular complexity index is 1090. The number of hydrogen-bond acceptors (Lipinski definition) is 6. The third-order valence-corrected chi connectivity index (χ3v) is 5.81. The number of amides is 1. The molecule has 2 aromatic carbocycles. The molecule has 1 atom stereocenters. The average molecular weight is 456 g/mol. The lowest BCUT2D eigenvalue weighted by molar-refractivity contribution is -0.857. The van der Waals surface area contributed by atoms with E-state index in [2.05, 4.69) is 0 Å². The molecule has 0 radical (unpaired) electrons. The van der Waals surface area contributed by atoms with Crippen LogP contribution >= 0.6 is 0 Å². The summed E-state index contributed by atoms with van der Waals surface area (Å²) >= 11 is 0. The van der Waals surface area contributed by atoms with E-state index in [9.17, 15) is 14.7 Å². The maximum absolute atomic E-state index is 13.2. The monoisotopic (exact) mass is 455 g/mol. The van der Waals surface area contributed by atoms with Gasteiger partial charge in [-0.15, -0.1) is 0 Å². The van der Waals surface area contributed by atoms with Crippen LogP contribution in [0.25, 0.3) is 5.76 Å². The van der Waals surface area contributed by atoms with E-state index >= 15 is 0 Å². The van der Waals surface area contributed by atoms with Crippen LogP contribution in [0.1, 0.15) is 22.7 Å². The van der Waals surface area contributed by atoms with Gasteiger partial charge in [-0.2, -0.15) is 0 Å². The number of quaternary nitrogens is 1. The number of ether oxygens (including phenoxy) is 3. The highest BCUT2D eigenvalue weighted by Crippen LogP contribution is 2.45. The van der Waals surface area contributed by atoms with Gasteiger partial charge in [0.2, 0.25) is 0 Å². The molecule has 0 bridgehead atoms. The normalized spacial score (nSPS) is 17.5. The second-order valence-corrected chi connectivity index (χ2v) is 8.21. The molecule has 0 saturated carbocycles. The third kappa shape index (κ3) is 4.52. The number of aliphatic hydroxyl groups excluding tert-OH is 1. The van der Waals surface area contributed by atoms with Crippen molar-refractivity contribution in [2.24, 2.45) is 0 Å². The summed E-state index contributed by atoms with van der Waals surface area (Å²) in [5.74, 6) is -0.108. The summed E-state index contributed by atoms with van der Waals surface area (Å²) in [6, 6.07) is 9.62. The van der Waals surface area contributed by atoms with Crippen LogP contribution in [0.3, 0.4) is 0 Å². The minimum atomic E-state index is -0.823. The van der Waals surface area contributed by atoms with E-state index in [1.165, 1.54) is 19.1 Å². The number of rotatable bonds is 8. The van der Waals surface area contributed by atoms with Gasteiger partial charge >= 0.3 is 0 Å². The zero-order chi connectivity index (χ0) is 24.3. The molecule has 33 heavy (non-hydrogen) atoms. The number of carbonyl (C=O) groups is 2. The Labute approximate surface area is 194 Å². The van der Waals surface area contributed by atoms with Gasteiger partial charge in [0, 0.05) is 11.1 Å². The van der Waals surface area contributed by atoms with Crippen LogP contribution in [0.15, 0.2) is 42.0 Å².